The summed E-state index contributed by atoms with van der Waals surface area (Å²) in [5.74, 6) is 2.64. The first-order valence-electron chi connectivity index (χ1n) is 12.1. The van der Waals surface area contributed by atoms with E-state index in [9.17, 15) is 5.11 Å². The molecule has 2 aliphatic rings. The molecule has 0 unspecified atom stereocenters. The number of piperidine rings is 1. The quantitative estimate of drug-likeness (QED) is 0.566. The molecule has 0 aliphatic carbocycles. The SMILES string of the molecule is CN(C)c1cc(N2CC[C@@](O)(CNCc3cccc(OCCN4CCCCC4)c3)C2)ncn1. The molecule has 2 N–H and O–H groups in total. The number of ether oxygens (including phenoxy) is 1. The molecule has 1 atom stereocenters. The lowest BCUT2D eigenvalue weighted by Crippen LogP contribution is -2.43. The van der Waals surface area contributed by atoms with Crippen molar-refractivity contribution in [3.63, 3.8) is 0 Å². The van der Waals surface area contributed by atoms with Crippen molar-refractivity contribution in [1.29, 1.82) is 0 Å². The summed E-state index contributed by atoms with van der Waals surface area (Å²) in [5.41, 5.74) is 0.390. The predicted molar refractivity (Wildman–Crippen MR) is 132 cm³/mol. The van der Waals surface area contributed by atoms with E-state index in [1.807, 2.05) is 37.2 Å². The van der Waals surface area contributed by atoms with E-state index < -0.39 is 5.60 Å². The zero-order valence-electron chi connectivity index (χ0n) is 20.0. The van der Waals surface area contributed by atoms with Gasteiger partial charge in [-0.25, -0.2) is 9.97 Å². The number of aromatic nitrogens is 2. The minimum absolute atomic E-state index is 0.537. The van der Waals surface area contributed by atoms with E-state index in [-0.39, 0.29) is 0 Å². The van der Waals surface area contributed by atoms with Crippen LogP contribution in [0.4, 0.5) is 11.6 Å². The molecule has 0 bridgehead atoms. The highest BCUT2D eigenvalue weighted by Gasteiger charge is 2.36. The molecule has 0 spiro atoms. The molecule has 2 saturated heterocycles. The lowest BCUT2D eigenvalue weighted by molar-refractivity contribution is 0.0626. The van der Waals surface area contributed by atoms with E-state index >= 15 is 0 Å². The van der Waals surface area contributed by atoms with Gasteiger partial charge in [-0.2, -0.15) is 0 Å². The van der Waals surface area contributed by atoms with Crippen LogP contribution in [0.2, 0.25) is 0 Å². The monoisotopic (exact) mass is 454 g/mol. The maximum absolute atomic E-state index is 11.1. The molecule has 8 heteroatoms. The molecule has 1 aromatic heterocycles. The van der Waals surface area contributed by atoms with Crippen LogP contribution in [0.1, 0.15) is 31.2 Å². The second-order valence-corrected chi connectivity index (χ2v) is 9.53. The summed E-state index contributed by atoms with van der Waals surface area (Å²) in [4.78, 5) is 15.3. The molecule has 0 saturated carbocycles. The molecule has 180 valence electrons. The van der Waals surface area contributed by atoms with Crippen LogP contribution < -0.4 is 19.9 Å². The third-order valence-electron chi connectivity index (χ3n) is 6.56. The third-order valence-corrected chi connectivity index (χ3v) is 6.56. The molecule has 2 aliphatic heterocycles. The van der Waals surface area contributed by atoms with Crippen LogP contribution in [-0.4, -0.2) is 85.5 Å². The van der Waals surface area contributed by atoms with Gasteiger partial charge in [-0.05, 0) is 50.0 Å². The van der Waals surface area contributed by atoms with Gasteiger partial charge in [-0.1, -0.05) is 18.6 Å². The number of rotatable bonds is 10. The summed E-state index contributed by atoms with van der Waals surface area (Å²) < 4.78 is 6.00. The topological polar surface area (TPSA) is 77.0 Å². The maximum Gasteiger partial charge on any atom is 0.134 e. The molecule has 2 fully saturated rings. The van der Waals surface area contributed by atoms with Crippen LogP contribution in [-0.2, 0) is 6.54 Å². The Balaban J connectivity index is 1.22. The first-order valence-corrected chi connectivity index (χ1v) is 12.1. The third kappa shape index (κ3) is 6.79. The lowest BCUT2D eigenvalue weighted by atomic mass is 10.0. The number of nitrogens with one attached hydrogen (secondary N) is 1. The fraction of sp³-hybridized carbons (Fsp3) is 0.600. The molecular weight excluding hydrogens is 416 g/mol. The summed E-state index contributed by atoms with van der Waals surface area (Å²) in [6.07, 6.45) is 6.27. The molecule has 3 heterocycles. The Bertz CT molecular complexity index is 889. The van der Waals surface area contributed by atoms with E-state index in [1.54, 1.807) is 6.33 Å². The summed E-state index contributed by atoms with van der Waals surface area (Å²) in [6.45, 7) is 6.69. The van der Waals surface area contributed by atoms with E-state index in [4.69, 9.17) is 4.74 Å². The molecule has 1 aromatic carbocycles. The van der Waals surface area contributed by atoms with Crippen molar-refractivity contribution < 1.29 is 9.84 Å². The zero-order valence-corrected chi connectivity index (χ0v) is 20.0. The van der Waals surface area contributed by atoms with Gasteiger partial charge in [-0.15, -0.1) is 0 Å². The Labute approximate surface area is 197 Å². The molecule has 8 nitrogen and oxygen atoms in total. The first-order chi connectivity index (χ1) is 16.0. The van der Waals surface area contributed by atoms with Crippen molar-refractivity contribution in [2.45, 2.75) is 37.8 Å². The van der Waals surface area contributed by atoms with Crippen LogP contribution in [0.3, 0.4) is 0 Å². The van der Waals surface area contributed by atoms with Gasteiger partial charge in [0.25, 0.3) is 0 Å². The largest absolute Gasteiger partial charge is 0.492 e. The Kier molecular flexibility index (Phi) is 8.01. The minimum atomic E-state index is -0.772. The fourth-order valence-electron chi connectivity index (χ4n) is 4.61. The van der Waals surface area contributed by atoms with Crippen LogP contribution in [0.25, 0.3) is 0 Å². The predicted octanol–water partition coefficient (Wildman–Crippen LogP) is 2.14. The van der Waals surface area contributed by atoms with E-state index in [0.29, 0.717) is 26.1 Å². The average molecular weight is 455 g/mol. The van der Waals surface area contributed by atoms with Crippen molar-refractivity contribution in [2.24, 2.45) is 0 Å². The Morgan fingerprint density at radius 1 is 1.12 bits per heavy atom. The van der Waals surface area contributed by atoms with Gasteiger partial charge in [0, 0.05) is 52.9 Å². The van der Waals surface area contributed by atoms with Crippen LogP contribution in [0, 0.1) is 0 Å². The maximum atomic E-state index is 11.1. The van der Waals surface area contributed by atoms with Crippen LogP contribution in [0.5, 0.6) is 5.75 Å². The highest BCUT2D eigenvalue weighted by Crippen LogP contribution is 2.26. The zero-order chi connectivity index (χ0) is 23.1. The number of hydrogen-bond donors (Lipinski definition) is 2. The number of benzene rings is 1. The molecular formula is C25H38N6O2. The first kappa shape index (κ1) is 23.7. The number of β-amino-alcohol motifs (C(OH)–C–C–N with tert-alkyl or cyclic N) is 1. The van der Waals surface area contributed by atoms with Gasteiger partial charge < -0.3 is 25.0 Å². The van der Waals surface area contributed by atoms with Gasteiger partial charge >= 0.3 is 0 Å². The normalized spacial score (nSPS) is 21.4. The number of anilines is 2. The number of likely N-dealkylation sites (tertiary alicyclic amines) is 1. The summed E-state index contributed by atoms with van der Waals surface area (Å²) >= 11 is 0. The fourth-order valence-corrected chi connectivity index (χ4v) is 4.61. The van der Waals surface area contributed by atoms with Gasteiger partial charge in [0.2, 0.25) is 0 Å². The average Bonchev–Trinajstić information content (AvgIpc) is 3.22. The smallest absolute Gasteiger partial charge is 0.134 e. The lowest BCUT2D eigenvalue weighted by Gasteiger charge is -2.26. The number of hydrogen-bond acceptors (Lipinski definition) is 8. The Hall–Kier alpha value is -2.42. The van der Waals surface area contributed by atoms with Gasteiger partial charge in [0.1, 0.15) is 30.3 Å². The van der Waals surface area contributed by atoms with Crippen molar-refractivity contribution >= 4 is 11.6 Å². The summed E-state index contributed by atoms with van der Waals surface area (Å²) in [6, 6.07) is 10.2. The molecule has 33 heavy (non-hydrogen) atoms. The number of aliphatic hydroxyl groups is 1. The minimum Gasteiger partial charge on any atom is -0.492 e. The van der Waals surface area contributed by atoms with E-state index in [2.05, 4.69) is 37.2 Å². The van der Waals surface area contributed by atoms with Crippen molar-refractivity contribution in [2.75, 3.05) is 69.8 Å². The second kappa shape index (κ2) is 11.1. The van der Waals surface area contributed by atoms with Crippen molar-refractivity contribution in [3.05, 3.63) is 42.2 Å². The molecule has 0 radical (unpaired) electrons. The Morgan fingerprint density at radius 2 is 1.97 bits per heavy atom. The summed E-state index contributed by atoms with van der Waals surface area (Å²) in [5, 5.41) is 14.5. The van der Waals surface area contributed by atoms with Gasteiger partial charge in [0.15, 0.2) is 0 Å². The van der Waals surface area contributed by atoms with Gasteiger partial charge in [0.05, 0.1) is 5.60 Å². The highest BCUT2D eigenvalue weighted by molar-refractivity contribution is 5.50. The summed E-state index contributed by atoms with van der Waals surface area (Å²) in [7, 11) is 3.93. The molecule has 2 aromatic rings. The van der Waals surface area contributed by atoms with Crippen molar-refractivity contribution in [1.82, 2.24) is 20.2 Å². The number of nitrogens with zero attached hydrogens (tertiary/aromatic N) is 5. The van der Waals surface area contributed by atoms with Crippen molar-refractivity contribution in [3.8, 4) is 5.75 Å². The molecule has 4 rings (SSSR count). The highest BCUT2D eigenvalue weighted by atomic mass is 16.5. The Morgan fingerprint density at radius 3 is 2.79 bits per heavy atom. The standard InChI is InChI=1S/C25H38N6O2/c1-29(2)23-16-24(28-20-27-23)31-12-9-25(32,19-31)18-26-17-21-7-6-8-22(15-21)33-14-13-30-10-4-3-5-11-30/h6-8,15-16,20,26,32H,3-5,9-14,17-19H2,1-2H3/t25-/m1/s1. The van der Waals surface area contributed by atoms with E-state index in [0.717, 1.165) is 42.6 Å². The van der Waals surface area contributed by atoms with E-state index in [1.165, 1.54) is 32.4 Å². The molecule has 0 amide bonds. The van der Waals surface area contributed by atoms with Crippen LogP contribution in [0.15, 0.2) is 36.7 Å². The second-order valence-electron chi connectivity index (χ2n) is 9.53. The van der Waals surface area contributed by atoms with Gasteiger partial charge in [-0.3, -0.25) is 4.90 Å². The van der Waals surface area contributed by atoms with Crippen LogP contribution >= 0.6 is 0 Å².